The molecule has 0 aliphatic carbocycles. The second kappa shape index (κ2) is 13.6. The van der Waals surface area contributed by atoms with Gasteiger partial charge in [-0.05, 0) is 48.9 Å². The van der Waals surface area contributed by atoms with Crippen molar-refractivity contribution in [3.63, 3.8) is 0 Å². The summed E-state index contributed by atoms with van der Waals surface area (Å²) in [5.74, 6) is 1.35. The quantitative estimate of drug-likeness (QED) is 0.412. The van der Waals surface area contributed by atoms with Crippen molar-refractivity contribution >= 4 is 5.96 Å². The van der Waals surface area contributed by atoms with Crippen molar-refractivity contribution in [1.82, 2.24) is 15.5 Å². The molecule has 2 rings (SSSR count). The van der Waals surface area contributed by atoms with Crippen molar-refractivity contribution in [3.8, 4) is 5.75 Å². The third kappa shape index (κ3) is 9.24. The summed E-state index contributed by atoms with van der Waals surface area (Å²) in [5, 5.41) is 6.55. The summed E-state index contributed by atoms with van der Waals surface area (Å²) < 4.78 is 24.2. The zero-order valence-electron chi connectivity index (χ0n) is 18.2. The maximum absolute atomic E-state index is 13.3. The van der Waals surface area contributed by atoms with Gasteiger partial charge in [-0.1, -0.05) is 24.3 Å². The first-order valence-electron chi connectivity index (χ1n) is 10.2. The molecule has 0 aromatic heterocycles. The highest BCUT2D eigenvalue weighted by Gasteiger charge is 2.03. The first kappa shape index (κ1) is 23.6. The Bertz CT molecular complexity index is 785. The standard InChI is InChI=1S/C23H33FN4O2/c1-25-23(26-11-10-19-6-4-8-21(24)16-19)27-18-20-7-5-9-22(17-20)30-15-13-28(2)12-14-29-3/h4-9,16-17H,10-15,18H2,1-3H3,(H2,25,26,27). The second-order valence-electron chi connectivity index (χ2n) is 7.02. The van der Waals surface area contributed by atoms with E-state index in [4.69, 9.17) is 9.47 Å². The molecule has 7 heteroatoms. The zero-order chi connectivity index (χ0) is 21.6. The molecular formula is C23H33FN4O2. The van der Waals surface area contributed by atoms with Crippen molar-refractivity contribution in [1.29, 1.82) is 0 Å². The molecule has 0 aliphatic heterocycles. The molecule has 0 spiro atoms. The summed E-state index contributed by atoms with van der Waals surface area (Å²) in [6.45, 7) is 4.37. The lowest BCUT2D eigenvalue weighted by Gasteiger charge is -2.16. The van der Waals surface area contributed by atoms with E-state index in [1.165, 1.54) is 6.07 Å². The first-order chi connectivity index (χ1) is 14.6. The SMILES string of the molecule is CN=C(NCCc1cccc(F)c1)NCc1cccc(OCCN(C)CCOC)c1. The minimum atomic E-state index is -0.210. The van der Waals surface area contributed by atoms with Gasteiger partial charge in [-0.25, -0.2) is 4.39 Å². The number of ether oxygens (including phenoxy) is 2. The maximum atomic E-state index is 13.3. The third-order valence-electron chi connectivity index (χ3n) is 4.60. The lowest BCUT2D eigenvalue weighted by atomic mass is 10.1. The number of hydrogen-bond acceptors (Lipinski definition) is 4. The number of aliphatic imine (C=N–C) groups is 1. The fourth-order valence-corrected chi connectivity index (χ4v) is 2.85. The van der Waals surface area contributed by atoms with Crippen LogP contribution in [0.2, 0.25) is 0 Å². The summed E-state index contributed by atoms with van der Waals surface area (Å²) in [5.41, 5.74) is 2.06. The number of guanidine groups is 1. The highest BCUT2D eigenvalue weighted by atomic mass is 19.1. The Balaban J connectivity index is 1.72. The molecular weight excluding hydrogens is 383 g/mol. The molecule has 0 atom stereocenters. The van der Waals surface area contributed by atoms with Gasteiger partial charge in [-0.3, -0.25) is 4.99 Å². The summed E-state index contributed by atoms with van der Waals surface area (Å²) in [7, 11) is 5.49. The van der Waals surface area contributed by atoms with Crippen LogP contribution >= 0.6 is 0 Å². The third-order valence-corrected chi connectivity index (χ3v) is 4.60. The van der Waals surface area contributed by atoms with Crippen molar-refractivity contribution in [2.75, 3.05) is 54.1 Å². The van der Waals surface area contributed by atoms with Crippen LogP contribution in [0.15, 0.2) is 53.5 Å². The largest absolute Gasteiger partial charge is 0.492 e. The van der Waals surface area contributed by atoms with Crippen LogP contribution in [0.1, 0.15) is 11.1 Å². The molecule has 2 aromatic rings. The van der Waals surface area contributed by atoms with Crippen molar-refractivity contribution in [2.24, 2.45) is 4.99 Å². The van der Waals surface area contributed by atoms with Gasteiger partial charge in [0.2, 0.25) is 0 Å². The topological polar surface area (TPSA) is 58.1 Å². The number of nitrogens with one attached hydrogen (secondary N) is 2. The van der Waals surface area contributed by atoms with E-state index in [9.17, 15) is 4.39 Å². The van der Waals surface area contributed by atoms with E-state index >= 15 is 0 Å². The van der Waals surface area contributed by atoms with Gasteiger partial charge < -0.3 is 25.0 Å². The van der Waals surface area contributed by atoms with E-state index < -0.39 is 0 Å². The Hall–Kier alpha value is -2.64. The molecule has 6 nitrogen and oxygen atoms in total. The van der Waals surface area contributed by atoms with Crippen molar-refractivity contribution in [2.45, 2.75) is 13.0 Å². The van der Waals surface area contributed by atoms with Gasteiger partial charge >= 0.3 is 0 Å². The average molecular weight is 417 g/mol. The van der Waals surface area contributed by atoms with Gasteiger partial charge in [0.25, 0.3) is 0 Å². The minimum Gasteiger partial charge on any atom is -0.492 e. The van der Waals surface area contributed by atoms with Crippen LogP contribution < -0.4 is 15.4 Å². The Morgan fingerprint density at radius 2 is 1.80 bits per heavy atom. The van der Waals surface area contributed by atoms with E-state index in [2.05, 4.69) is 27.6 Å². The fourth-order valence-electron chi connectivity index (χ4n) is 2.85. The smallest absolute Gasteiger partial charge is 0.191 e. The number of benzene rings is 2. The molecule has 2 aromatic carbocycles. The fraction of sp³-hybridized carbons (Fsp3) is 0.435. The van der Waals surface area contributed by atoms with Crippen molar-refractivity contribution < 1.29 is 13.9 Å². The number of methoxy groups -OCH3 is 1. The van der Waals surface area contributed by atoms with Gasteiger partial charge in [-0.2, -0.15) is 0 Å². The van der Waals surface area contributed by atoms with Gasteiger partial charge in [0.1, 0.15) is 18.2 Å². The number of hydrogen-bond donors (Lipinski definition) is 2. The predicted octanol–water partition coefficient (Wildman–Crippen LogP) is 2.69. The van der Waals surface area contributed by atoms with Crippen LogP contribution in [0, 0.1) is 5.82 Å². The second-order valence-corrected chi connectivity index (χ2v) is 7.02. The van der Waals surface area contributed by atoms with Gasteiger partial charge in [0, 0.05) is 40.3 Å². The molecule has 0 heterocycles. The van der Waals surface area contributed by atoms with E-state index in [1.807, 2.05) is 30.3 Å². The van der Waals surface area contributed by atoms with Crippen LogP contribution in [0.5, 0.6) is 5.75 Å². The molecule has 0 radical (unpaired) electrons. The van der Waals surface area contributed by atoms with Gasteiger partial charge in [0.15, 0.2) is 5.96 Å². The number of likely N-dealkylation sites (N-methyl/N-ethyl adjacent to an activating group) is 1. The van der Waals surface area contributed by atoms with E-state index in [1.54, 1.807) is 26.3 Å². The molecule has 164 valence electrons. The molecule has 0 saturated carbocycles. The molecule has 0 amide bonds. The minimum absolute atomic E-state index is 0.210. The predicted molar refractivity (Wildman–Crippen MR) is 120 cm³/mol. The lowest BCUT2D eigenvalue weighted by molar-refractivity contribution is 0.150. The van der Waals surface area contributed by atoms with E-state index in [0.717, 1.165) is 43.0 Å². The number of nitrogens with zero attached hydrogens (tertiary/aromatic N) is 2. The average Bonchev–Trinajstić information content (AvgIpc) is 2.75. The first-order valence-corrected chi connectivity index (χ1v) is 10.2. The Labute approximate surface area is 179 Å². The van der Waals surface area contributed by atoms with Crippen molar-refractivity contribution in [3.05, 3.63) is 65.5 Å². The van der Waals surface area contributed by atoms with Crippen LogP contribution in [-0.2, 0) is 17.7 Å². The normalized spacial score (nSPS) is 11.6. The van der Waals surface area contributed by atoms with Crippen LogP contribution in [0.3, 0.4) is 0 Å². The molecule has 0 bridgehead atoms. The van der Waals surface area contributed by atoms with Crippen LogP contribution in [-0.4, -0.2) is 64.9 Å². The molecule has 0 fully saturated rings. The van der Waals surface area contributed by atoms with Gasteiger partial charge in [-0.15, -0.1) is 0 Å². The summed E-state index contributed by atoms with van der Waals surface area (Å²) >= 11 is 0. The number of rotatable bonds is 12. The Morgan fingerprint density at radius 3 is 2.57 bits per heavy atom. The van der Waals surface area contributed by atoms with E-state index in [-0.39, 0.29) is 5.82 Å². The molecule has 0 aliphatic rings. The van der Waals surface area contributed by atoms with E-state index in [0.29, 0.717) is 25.7 Å². The summed E-state index contributed by atoms with van der Waals surface area (Å²) in [6.07, 6.45) is 0.723. The lowest BCUT2D eigenvalue weighted by Crippen LogP contribution is -2.37. The highest BCUT2D eigenvalue weighted by Crippen LogP contribution is 2.13. The zero-order valence-corrected chi connectivity index (χ0v) is 18.2. The van der Waals surface area contributed by atoms with Crippen LogP contribution in [0.25, 0.3) is 0 Å². The molecule has 30 heavy (non-hydrogen) atoms. The molecule has 2 N–H and O–H groups in total. The highest BCUT2D eigenvalue weighted by molar-refractivity contribution is 5.79. The van der Waals surface area contributed by atoms with Crippen LogP contribution in [0.4, 0.5) is 4.39 Å². The summed E-state index contributed by atoms with van der Waals surface area (Å²) in [6, 6.07) is 14.7. The molecule has 0 saturated heterocycles. The van der Waals surface area contributed by atoms with Gasteiger partial charge in [0.05, 0.1) is 6.61 Å². The summed E-state index contributed by atoms with van der Waals surface area (Å²) in [4.78, 5) is 6.42. The number of halogens is 1. The Kier molecular flexibility index (Phi) is 10.7. The Morgan fingerprint density at radius 1 is 1.03 bits per heavy atom. The molecule has 0 unspecified atom stereocenters. The maximum Gasteiger partial charge on any atom is 0.191 e. The monoisotopic (exact) mass is 416 g/mol.